The van der Waals surface area contributed by atoms with Gasteiger partial charge in [-0.2, -0.15) is 0 Å². The molecule has 0 radical (unpaired) electrons. The molecule has 1 saturated heterocycles. The minimum Gasteiger partial charge on any atom is -0.336 e. The predicted molar refractivity (Wildman–Crippen MR) is 102 cm³/mol. The summed E-state index contributed by atoms with van der Waals surface area (Å²) in [5, 5.41) is 5.80. The van der Waals surface area contributed by atoms with Gasteiger partial charge < -0.3 is 10.6 Å². The Morgan fingerprint density at radius 1 is 1.24 bits per heavy atom. The average Bonchev–Trinajstić information content (AvgIpc) is 2.60. The van der Waals surface area contributed by atoms with Crippen molar-refractivity contribution in [1.29, 1.82) is 0 Å². The molecule has 1 aliphatic heterocycles. The fourth-order valence-electron chi connectivity index (χ4n) is 3.32. The summed E-state index contributed by atoms with van der Waals surface area (Å²) in [6.45, 7) is 11.0. The Bertz CT molecular complexity index is 595. The van der Waals surface area contributed by atoms with Crippen LogP contribution >= 0.6 is 0 Å². The summed E-state index contributed by atoms with van der Waals surface area (Å²) < 4.78 is 0. The van der Waals surface area contributed by atoms with E-state index in [9.17, 15) is 9.59 Å². The summed E-state index contributed by atoms with van der Waals surface area (Å²) >= 11 is 0. The van der Waals surface area contributed by atoms with Gasteiger partial charge in [0.15, 0.2) is 5.78 Å². The van der Waals surface area contributed by atoms with Crippen molar-refractivity contribution in [3.8, 4) is 0 Å². The van der Waals surface area contributed by atoms with Gasteiger partial charge in [-0.15, -0.1) is 0 Å². The fraction of sp³-hybridized carbons (Fsp3) is 0.600. The van der Waals surface area contributed by atoms with Gasteiger partial charge in [0.25, 0.3) is 0 Å². The van der Waals surface area contributed by atoms with Gasteiger partial charge in [-0.1, -0.05) is 13.3 Å². The summed E-state index contributed by atoms with van der Waals surface area (Å²) in [4.78, 5) is 25.9. The lowest BCUT2D eigenvalue weighted by molar-refractivity contribution is 0.0669. The molecule has 2 amide bonds. The molecule has 0 aromatic heterocycles. The van der Waals surface area contributed by atoms with Gasteiger partial charge in [0.05, 0.1) is 0 Å². The number of carbonyl (C=O) groups excluding carboxylic acids is 2. The molecule has 0 bridgehead atoms. The smallest absolute Gasteiger partial charge is 0.319 e. The highest BCUT2D eigenvalue weighted by molar-refractivity contribution is 5.95. The number of ketones is 1. The number of hydrogen-bond acceptors (Lipinski definition) is 3. The monoisotopic (exact) mass is 345 g/mol. The van der Waals surface area contributed by atoms with Crippen molar-refractivity contribution in [2.75, 3.05) is 25.0 Å². The molecule has 0 saturated carbocycles. The number of nitrogens with zero attached hydrogens (tertiary/aromatic N) is 1. The molecular formula is C20H31N3O2. The van der Waals surface area contributed by atoms with E-state index in [-0.39, 0.29) is 17.4 Å². The Morgan fingerprint density at radius 2 is 1.92 bits per heavy atom. The fourth-order valence-corrected chi connectivity index (χ4v) is 3.32. The van der Waals surface area contributed by atoms with Crippen molar-refractivity contribution in [1.82, 2.24) is 10.2 Å². The molecule has 1 heterocycles. The van der Waals surface area contributed by atoms with E-state index in [1.165, 1.54) is 26.2 Å². The minimum atomic E-state index is -0.215. The van der Waals surface area contributed by atoms with Gasteiger partial charge in [0, 0.05) is 29.9 Å². The Hall–Kier alpha value is -1.88. The number of rotatable bonds is 6. The highest BCUT2D eigenvalue weighted by Gasteiger charge is 2.31. The van der Waals surface area contributed by atoms with Crippen LogP contribution in [-0.4, -0.2) is 41.9 Å². The number of nitrogens with one attached hydrogen (secondary N) is 2. The first-order valence-corrected chi connectivity index (χ1v) is 9.22. The first-order valence-electron chi connectivity index (χ1n) is 9.22. The molecule has 1 atom stereocenters. The van der Waals surface area contributed by atoms with Gasteiger partial charge in [-0.3, -0.25) is 9.69 Å². The summed E-state index contributed by atoms with van der Waals surface area (Å²) in [5.74, 6) is 0.784. The molecule has 2 rings (SSSR count). The van der Waals surface area contributed by atoms with Crippen LogP contribution in [0.25, 0.3) is 0 Å². The molecule has 5 nitrogen and oxygen atoms in total. The molecule has 1 aromatic rings. The second kappa shape index (κ2) is 8.48. The van der Waals surface area contributed by atoms with Crippen molar-refractivity contribution in [2.45, 2.75) is 52.5 Å². The minimum absolute atomic E-state index is 0.0182. The van der Waals surface area contributed by atoms with Crippen LogP contribution in [0.4, 0.5) is 10.5 Å². The number of piperidine rings is 1. The molecule has 1 aliphatic rings. The van der Waals surface area contributed by atoms with Gasteiger partial charge in [0.1, 0.15) is 0 Å². The van der Waals surface area contributed by atoms with E-state index in [4.69, 9.17) is 0 Å². The molecule has 1 aromatic carbocycles. The number of hydrogen-bond donors (Lipinski definition) is 2. The second-order valence-corrected chi connectivity index (χ2v) is 7.62. The van der Waals surface area contributed by atoms with Crippen LogP contribution in [-0.2, 0) is 0 Å². The Balaban J connectivity index is 1.84. The van der Waals surface area contributed by atoms with E-state index < -0.39 is 0 Å². The first-order chi connectivity index (χ1) is 11.8. The summed E-state index contributed by atoms with van der Waals surface area (Å²) in [6, 6.07) is 6.73. The second-order valence-electron chi connectivity index (χ2n) is 7.62. The maximum Gasteiger partial charge on any atom is 0.319 e. The normalized spacial score (nSPS) is 18.6. The topological polar surface area (TPSA) is 61.4 Å². The van der Waals surface area contributed by atoms with Crippen LogP contribution in [0, 0.1) is 5.92 Å². The van der Waals surface area contributed by atoms with Gasteiger partial charge in [0.2, 0.25) is 0 Å². The lowest BCUT2D eigenvalue weighted by Crippen LogP contribution is -2.55. The summed E-state index contributed by atoms with van der Waals surface area (Å²) in [5.41, 5.74) is 1.26. The Labute approximate surface area is 151 Å². The van der Waals surface area contributed by atoms with Crippen LogP contribution < -0.4 is 10.6 Å². The van der Waals surface area contributed by atoms with Crippen LogP contribution in [0.5, 0.6) is 0 Å². The summed E-state index contributed by atoms with van der Waals surface area (Å²) in [6.07, 6.45) is 3.76. The molecule has 5 heteroatoms. The Morgan fingerprint density at radius 3 is 2.52 bits per heavy atom. The number of anilines is 1. The standard InChI is InChI=1S/C20H31N3O2/c1-5-16-7-6-12-23(13-16)20(3,4)14-21-19(25)22-18-10-8-17(9-11-18)15(2)24/h8-11,16H,5-7,12-14H2,1-4H3,(H2,21,22,25). The lowest BCUT2D eigenvalue weighted by atomic mass is 9.91. The van der Waals surface area contributed by atoms with Gasteiger partial charge in [-0.25, -0.2) is 4.79 Å². The maximum absolute atomic E-state index is 12.2. The van der Waals surface area contributed by atoms with Crippen molar-refractivity contribution < 1.29 is 9.59 Å². The van der Waals surface area contributed by atoms with E-state index >= 15 is 0 Å². The highest BCUT2D eigenvalue weighted by atomic mass is 16.2. The van der Waals surface area contributed by atoms with Crippen LogP contribution in [0.3, 0.4) is 0 Å². The van der Waals surface area contributed by atoms with E-state index in [2.05, 4.69) is 36.3 Å². The maximum atomic E-state index is 12.2. The largest absolute Gasteiger partial charge is 0.336 e. The van der Waals surface area contributed by atoms with E-state index in [0.717, 1.165) is 19.0 Å². The summed E-state index contributed by atoms with van der Waals surface area (Å²) in [7, 11) is 0. The third kappa shape index (κ3) is 5.56. The van der Waals surface area contributed by atoms with E-state index in [1.54, 1.807) is 24.3 Å². The van der Waals surface area contributed by atoms with Gasteiger partial charge >= 0.3 is 6.03 Å². The number of likely N-dealkylation sites (tertiary alicyclic amines) is 1. The zero-order valence-corrected chi connectivity index (χ0v) is 15.9. The van der Waals surface area contributed by atoms with Crippen molar-refractivity contribution in [2.24, 2.45) is 5.92 Å². The third-order valence-electron chi connectivity index (χ3n) is 5.18. The molecule has 0 aliphatic carbocycles. The third-order valence-corrected chi connectivity index (χ3v) is 5.18. The quantitative estimate of drug-likeness (QED) is 0.769. The molecular weight excluding hydrogens is 314 g/mol. The molecule has 1 unspecified atom stereocenters. The van der Waals surface area contributed by atoms with Gasteiger partial charge in [-0.05, 0) is 70.3 Å². The van der Waals surface area contributed by atoms with E-state index in [1.807, 2.05) is 0 Å². The van der Waals surface area contributed by atoms with Crippen molar-refractivity contribution in [3.05, 3.63) is 29.8 Å². The number of benzene rings is 1. The van der Waals surface area contributed by atoms with Crippen LogP contribution in [0.2, 0.25) is 0 Å². The predicted octanol–water partition coefficient (Wildman–Crippen LogP) is 3.91. The number of urea groups is 1. The molecule has 1 fully saturated rings. The van der Waals surface area contributed by atoms with Crippen molar-refractivity contribution >= 4 is 17.5 Å². The molecule has 0 spiro atoms. The number of carbonyl (C=O) groups is 2. The highest BCUT2D eigenvalue weighted by Crippen LogP contribution is 2.25. The zero-order valence-electron chi connectivity index (χ0n) is 15.9. The molecule has 2 N–H and O–H groups in total. The van der Waals surface area contributed by atoms with E-state index in [0.29, 0.717) is 17.8 Å². The van der Waals surface area contributed by atoms with Crippen molar-refractivity contribution in [3.63, 3.8) is 0 Å². The van der Waals surface area contributed by atoms with Crippen LogP contribution in [0.1, 0.15) is 57.3 Å². The molecule has 138 valence electrons. The molecule has 25 heavy (non-hydrogen) atoms. The SMILES string of the molecule is CCC1CCCN(C(C)(C)CNC(=O)Nc2ccc(C(C)=O)cc2)C1. The lowest BCUT2D eigenvalue weighted by Gasteiger charge is -2.43. The van der Waals surface area contributed by atoms with Crippen LogP contribution in [0.15, 0.2) is 24.3 Å². The Kier molecular flexibility index (Phi) is 6.59. The zero-order chi connectivity index (χ0) is 18.4. The number of amides is 2. The first kappa shape index (κ1) is 19.4. The average molecular weight is 345 g/mol. The number of Topliss-reactive ketones (excluding diaryl/α,β-unsaturated/α-hetero) is 1.